The first-order chi connectivity index (χ1) is 10.7. The van der Waals surface area contributed by atoms with Crippen LogP contribution in [0.25, 0.3) is 6.08 Å². The first kappa shape index (κ1) is 15.6. The normalized spacial score (nSPS) is 10.5. The van der Waals surface area contributed by atoms with Crippen LogP contribution in [0.1, 0.15) is 11.1 Å². The van der Waals surface area contributed by atoms with Gasteiger partial charge in [0, 0.05) is 17.7 Å². The first-order valence-electron chi connectivity index (χ1n) is 6.83. The molecule has 0 saturated carbocycles. The van der Waals surface area contributed by atoms with Crippen molar-refractivity contribution >= 4 is 12.0 Å². The molecule has 0 bridgehead atoms. The van der Waals surface area contributed by atoms with Gasteiger partial charge >= 0.3 is 5.97 Å². The SMILES string of the molecule is COC(=O)C=Cc1ccc(OCc2ccccc2)cc1OC. The molecule has 0 aliphatic carbocycles. The van der Waals surface area contributed by atoms with Gasteiger partial charge in [0.05, 0.1) is 14.2 Å². The van der Waals surface area contributed by atoms with E-state index >= 15 is 0 Å². The summed E-state index contributed by atoms with van der Waals surface area (Å²) >= 11 is 0. The number of rotatable bonds is 6. The van der Waals surface area contributed by atoms with Crippen LogP contribution in [0.3, 0.4) is 0 Å². The minimum atomic E-state index is -0.411. The maximum Gasteiger partial charge on any atom is 0.330 e. The zero-order chi connectivity index (χ0) is 15.8. The van der Waals surface area contributed by atoms with Gasteiger partial charge in [-0.3, -0.25) is 0 Å². The molecule has 2 aromatic rings. The van der Waals surface area contributed by atoms with Gasteiger partial charge in [-0.15, -0.1) is 0 Å². The maximum atomic E-state index is 11.1. The lowest BCUT2D eigenvalue weighted by atomic mass is 10.1. The van der Waals surface area contributed by atoms with Crippen molar-refractivity contribution in [2.75, 3.05) is 14.2 Å². The number of esters is 1. The molecule has 0 unspecified atom stereocenters. The smallest absolute Gasteiger partial charge is 0.330 e. The zero-order valence-electron chi connectivity index (χ0n) is 12.6. The van der Waals surface area contributed by atoms with Crippen molar-refractivity contribution in [1.82, 2.24) is 0 Å². The fourth-order valence-electron chi connectivity index (χ4n) is 1.89. The average molecular weight is 298 g/mol. The molecule has 0 atom stereocenters. The highest BCUT2D eigenvalue weighted by atomic mass is 16.5. The van der Waals surface area contributed by atoms with Crippen LogP contribution in [0.4, 0.5) is 0 Å². The monoisotopic (exact) mass is 298 g/mol. The highest BCUT2D eigenvalue weighted by Gasteiger charge is 2.04. The number of carbonyl (C=O) groups excluding carboxylic acids is 1. The molecule has 2 aromatic carbocycles. The van der Waals surface area contributed by atoms with E-state index in [-0.39, 0.29) is 0 Å². The van der Waals surface area contributed by atoms with Crippen LogP contribution >= 0.6 is 0 Å². The predicted molar refractivity (Wildman–Crippen MR) is 84.8 cm³/mol. The third-order valence-corrected chi connectivity index (χ3v) is 3.05. The van der Waals surface area contributed by atoms with Gasteiger partial charge in [0.2, 0.25) is 0 Å². The van der Waals surface area contributed by atoms with Crippen molar-refractivity contribution in [3.05, 3.63) is 65.7 Å². The van der Waals surface area contributed by atoms with Crippen molar-refractivity contribution in [3.63, 3.8) is 0 Å². The molecule has 0 spiro atoms. The number of benzene rings is 2. The van der Waals surface area contributed by atoms with Gasteiger partial charge in [-0.1, -0.05) is 30.3 Å². The van der Waals surface area contributed by atoms with Crippen LogP contribution in [0.15, 0.2) is 54.6 Å². The van der Waals surface area contributed by atoms with E-state index in [1.165, 1.54) is 13.2 Å². The standard InChI is InChI=1S/C18H18O4/c1-20-17-12-16(22-13-14-6-4-3-5-7-14)10-8-15(17)9-11-18(19)21-2/h3-12H,13H2,1-2H3. The number of methoxy groups -OCH3 is 2. The average Bonchev–Trinajstić information content (AvgIpc) is 2.58. The van der Waals surface area contributed by atoms with Gasteiger partial charge in [0.15, 0.2) is 0 Å². The van der Waals surface area contributed by atoms with E-state index in [1.807, 2.05) is 42.5 Å². The third kappa shape index (κ3) is 4.38. The van der Waals surface area contributed by atoms with Crippen molar-refractivity contribution in [2.45, 2.75) is 6.61 Å². The van der Waals surface area contributed by atoms with Crippen LogP contribution in [0.5, 0.6) is 11.5 Å². The quantitative estimate of drug-likeness (QED) is 0.605. The van der Waals surface area contributed by atoms with Gasteiger partial charge in [-0.05, 0) is 23.8 Å². The number of hydrogen-bond donors (Lipinski definition) is 0. The molecule has 0 aliphatic heterocycles. The Labute approximate surface area is 129 Å². The Kier molecular flexibility index (Phi) is 5.60. The second-order valence-electron chi connectivity index (χ2n) is 4.53. The maximum absolute atomic E-state index is 11.1. The van der Waals surface area contributed by atoms with Gasteiger partial charge in [-0.2, -0.15) is 0 Å². The van der Waals surface area contributed by atoms with E-state index in [0.717, 1.165) is 11.1 Å². The summed E-state index contributed by atoms with van der Waals surface area (Å²) in [5.41, 5.74) is 1.87. The van der Waals surface area contributed by atoms with Crippen LogP contribution in [-0.4, -0.2) is 20.2 Å². The molecule has 4 nitrogen and oxygen atoms in total. The molecule has 114 valence electrons. The van der Waals surface area contributed by atoms with Crippen molar-refractivity contribution in [1.29, 1.82) is 0 Å². The van der Waals surface area contributed by atoms with E-state index < -0.39 is 5.97 Å². The third-order valence-electron chi connectivity index (χ3n) is 3.05. The lowest BCUT2D eigenvalue weighted by molar-refractivity contribution is -0.134. The Morgan fingerprint density at radius 2 is 1.86 bits per heavy atom. The number of hydrogen-bond acceptors (Lipinski definition) is 4. The molecule has 0 saturated heterocycles. The molecule has 4 heteroatoms. The largest absolute Gasteiger partial charge is 0.496 e. The minimum absolute atomic E-state index is 0.411. The highest BCUT2D eigenvalue weighted by Crippen LogP contribution is 2.26. The van der Waals surface area contributed by atoms with E-state index in [0.29, 0.717) is 18.1 Å². The summed E-state index contributed by atoms with van der Waals surface area (Å²) in [5, 5.41) is 0. The summed E-state index contributed by atoms with van der Waals surface area (Å²) < 4.78 is 15.6. The lowest BCUT2D eigenvalue weighted by Crippen LogP contribution is -1.97. The summed E-state index contributed by atoms with van der Waals surface area (Å²) in [6.45, 7) is 0.487. The highest BCUT2D eigenvalue weighted by molar-refractivity contribution is 5.87. The zero-order valence-corrected chi connectivity index (χ0v) is 12.6. The van der Waals surface area contributed by atoms with Crippen molar-refractivity contribution in [2.24, 2.45) is 0 Å². The van der Waals surface area contributed by atoms with E-state index in [2.05, 4.69) is 4.74 Å². The van der Waals surface area contributed by atoms with Gasteiger partial charge in [0.25, 0.3) is 0 Å². The van der Waals surface area contributed by atoms with E-state index in [4.69, 9.17) is 9.47 Å². The van der Waals surface area contributed by atoms with Gasteiger partial charge < -0.3 is 14.2 Å². The van der Waals surface area contributed by atoms with Crippen LogP contribution in [-0.2, 0) is 16.1 Å². The second-order valence-corrected chi connectivity index (χ2v) is 4.53. The summed E-state index contributed by atoms with van der Waals surface area (Å²) in [5.74, 6) is 0.924. The second kappa shape index (κ2) is 7.88. The number of ether oxygens (including phenoxy) is 3. The Hall–Kier alpha value is -2.75. The molecule has 22 heavy (non-hydrogen) atoms. The van der Waals surface area contributed by atoms with Crippen LogP contribution in [0, 0.1) is 0 Å². The topological polar surface area (TPSA) is 44.8 Å². The van der Waals surface area contributed by atoms with Crippen molar-refractivity contribution < 1.29 is 19.0 Å². The fourth-order valence-corrected chi connectivity index (χ4v) is 1.89. The van der Waals surface area contributed by atoms with E-state index in [9.17, 15) is 4.79 Å². The first-order valence-corrected chi connectivity index (χ1v) is 6.83. The molecule has 0 fully saturated rings. The Bertz CT molecular complexity index is 647. The van der Waals surface area contributed by atoms with Crippen LogP contribution in [0.2, 0.25) is 0 Å². The molecule has 0 aliphatic rings. The molecular weight excluding hydrogens is 280 g/mol. The van der Waals surface area contributed by atoms with Gasteiger partial charge in [-0.25, -0.2) is 4.79 Å². The Morgan fingerprint density at radius 1 is 1.09 bits per heavy atom. The van der Waals surface area contributed by atoms with E-state index in [1.54, 1.807) is 19.3 Å². The molecule has 0 amide bonds. The summed E-state index contributed by atoms with van der Waals surface area (Å²) in [6.07, 6.45) is 2.99. The number of carbonyl (C=O) groups is 1. The summed E-state index contributed by atoms with van der Waals surface area (Å²) in [6, 6.07) is 15.4. The molecular formula is C18H18O4. The molecule has 2 rings (SSSR count). The molecule has 0 heterocycles. The van der Waals surface area contributed by atoms with Crippen molar-refractivity contribution in [3.8, 4) is 11.5 Å². The molecule has 0 N–H and O–H groups in total. The summed E-state index contributed by atoms with van der Waals surface area (Å²) in [4.78, 5) is 11.1. The predicted octanol–water partition coefficient (Wildman–Crippen LogP) is 3.46. The summed E-state index contributed by atoms with van der Waals surface area (Å²) in [7, 11) is 2.91. The fraction of sp³-hybridized carbons (Fsp3) is 0.167. The Balaban J connectivity index is 2.08. The minimum Gasteiger partial charge on any atom is -0.496 e. The molecule has 0 aromatic heterocycles. The lowest BCUT2D eigenvalue weighted by Gasteiger charge is -2.10. The van der Waals surface area contributed by atoms with Crippen LogP contribution < -0.4 is 9.47 Å². The van der Waals surface area contributed by atoms with Gasteiger partial charge in [0.1, 0.15) is 18.1 Å². The Morgan fingerprint density at radius 3 is 2.55 bits per heavy atom. The molecule has 0 radical (unpaired) electrons.